The van der Waals surface area contributed by atoms with Crippen LogP contribution in [0.1, 0.15) is 27.2 Å². The predicted molar refractivity (Wildman–Crippen MR) is 82.6 cm³/mol. The van der Waals surface area contributed by atoms with E-state index < -0.39 is 6.10 Å². The largest absolute Gasteiger partial charge is 0.479 e. The molecule has 0 radical (unpaired) electrons. The number of fused-ring (bicyclic) bond motifs is 1. The van der Waals surface area contributed by atoms with Gasteiger partial charge < -0.3 is 15.0 Å². The molecule has 0 saturated heterocycles. The second kappa shape index (κ2) is 5.99. The van der Waals surface area contributed by atoms with Crippen molar-refractivity contribution in [1.29, 1.82) is 0 Å². The molecular weight excluding hydrogens is 268 g/mol. The summed E-state index contributed by atoms with van der Waals surface area (Å²) < 4.78 is 5.61. The lowest BCUT2D eigenvalue weighted by Crippen LogP contribution is -2.45. The van der Waals surface area contributed by atoms with Crippen LogP contribution in [0.25, 0.3) is 0 Å². The van der Waals surface area contributed by atoms with Crippen molar-refractivity contribution in [2.75, 3.05) is 16.8 Å². The van der Waals surface area contributed by atoms with E-state index >= 15 is 0 Å². The Hall–Kier alpha value is -2.30. The summed E-state index contributed by atoms with van der Waals surface area (Å²) in [5.74, 6) is 0.458. The van der Waals surface area contributed by atoms with Gasteiger partial charge in [-0.3, -0.25) is 9.59 Å². The standard InChI is InChI=1S/C16H20N2O3/c1-5-15(19)17-12-6-7-14-13(8-12)18(9-10(2)3)16(20)11(4)21-14/h6-8,11H,2,5,9H2,1,3-4H3,(H,17,19). The Labute approximate surface area is 124 Å². The van der Waals surface area contributed by atoms with Crippen molar-refractivity contribution in [3.63, 3.8) is 0 Å². The number of hydrogen-bond acceptors (Lipinski definition) is 3. The van der Waals surface area contributed by atoms with Crippen molar-refractivity contribution < 1.29 is 14.3 Å². The minimum Gasteiger partial charge on any atom is -0.479 e. The van der Waals surface area contributed by atoms with Crippen LogP contribution in [0.15, 0.2) is 30.4 Å². The lowest BCUT2D eigenvalue weighted by atomic mass is 10.1. The summed E-state index contributed by atoms with van der Waals surface area (Å²) in [6, 6.07) is 5.30. The fourth-order valence-corrected chi connectivity index (χ4v) is 2.17. The number of anilines is 2. The number of benzene rings is 1. The number of rotatable bonds is 4. The Morgan fingerprint density at radius 1 is 1.48 bits per heavy atom. The molecule has 1 atom stereocenters. The zero-order chi connectivity index (χ0) is 15.6. The summed E-state index contributed by atoms with van der Waals surface area (Å²) >= 11 is 0. The average Bonchev–Trinajstić information content (AvgIpc) is 2.44. The van der Waals surface area contributed by atoms with Gasteiger partial charge in [-0.25, -0.2) is 0 Å². The van der Waals surface area contributed by atoms with Crippen LogP contribution in [-0.4, -0.2) is 24.5 Å². The minimum absolute atomic E-state index is 0.0715. The van der Waals surface area contributed by atoms with Crippen LogP contribution in [0.3, 0.4) is 0 Å². The molecule has 0 saturated carbocycles. The Morgan fingerprint density at radius 3 is 2.81 bits per heavy atom. The maximum absolute atomic E-state index is 12.3. The third kappa shape index (κ3) is 3.24. The molecule has 5 nitrogen and oxygen atoms in total. The highest BCUT2D eigenvalue weighted by atomic mass is 16.5. The Morgan fingerprint density at radius 2 is 2.19 bits per heavy atom. The number of ether oxygens (including phenoxy) is 1. The number of nitrogens with one attached hydrogen (secondary N) is 1. The lowest BCUT2D eigenvalue weighted by molar-refractivity contribution is -0.125. The van der Waals surface area contributed by atoms with E-state index in [4.69, 9.17) is 4.74 Å². The van der Waals surface area contributed by atoms with Gasteiger partial charge in [0.15, 0.2) is 6.10 Å². The molecule has 1 aliphatic heterocycles. The summed E-state index contributed by atoms with van der Waals surface area (Å²) in [6.07, 6.45) is -0.119. The van der Waals surface area contributed by atoms with Crippen molar-refractivity contribution in [1.82, 2.24) is 0 Å². The molecule has 0 bridgehead atoms. The number of nitrogens with zero attached hydrogens (tertiary/aromatic N) is 1. The van der Waals surface area contributed by atoms with Crippen LogP contribution in [0.2, 0.25) is 0 Å². The smallest absolute Gasteiger partial charge is 0.268 e. The maximum atomic E-state index is 12.3. The molecule has 1 aliphatic rings. The van der Waals surface area contributed by atoms with Crippen LogP contribution in [-0.2, 0) is 9.59 Å². The van der Waals surface area contributed by atoms with E-state index in [-0.39, 0.29) is 11.8 Å². The molecule has 5 heteroatoms. The summed E-state index contributed by atoms with van der Waals surface area (Å²) in [5.41, 5.74) is 2.19. The maximum Gasteiger partial charge on any atom is 0.268 e. The van der Waals surface area contributed by atoms with Gasteiger partial charge in [0.1, 0.15) is 5.75 Å². The number of carbonyl (C=O) groups excluding carboxylic acids is 2. The number of hydrogen-bond donors (Lipinski definition) is 1. The fraction of sp³-hybridized carbons (Fsp3) is 0.375. The average molecular weight is 288 g/mol. The molecule has 2 rings (SSSR count). The van der Waals surface area contributed by atoms with Crippen molar-refractivity contribution in [3.05, 3.63) is 30.4 Å². The van der Waals surface area contributed by atoms with E-state index in [1.165, 1.54) is 0 Å². The summed E-state index contributed by atoms with van der Waals surface area (Å²) in [6.45, 7) is 9.68. The van der Waals surface area contributed by atoms with Gasteiger partial charge in [-0.1, -0.05) is 19.1 Å². The van der Waals surface area contributed by atoms with Gasteiger partial charge in [0.2, 0.25) is 5.91 Å². The van der Waals surface area contributed by atoms with Crippen molar-refractivity contribution in [2.45, 2.75) is 33.3 Å². The van der Waals surface area contributed by atoms with E-state index in [9.17, 15) is 9.59 Å². The van der Waals surface area contributed by atoms with Crippen LogP contribution in [0, 0.1) is 0 Å². The second-order valence-corrected chi connectivity index (χ2v) is 5.23. The molecule has 1 unspecified atom stereocenters. The summed E-state index contributed by atoms with van der Waals surface area (Å²) in [7, 11) is 0. The van der Waals surface area contributed by atoms with Crippen LogP contribution in [0.5, 0.6) is 5.75 Å². The first kappa shape index (κ1) is 15.1. The van der Waals surface area contributed by atoms with Crippen LogP contribution < -0.4 is 15.0 Å². The first-order chi connectivity index (χ1) is 9.92. The predicted octanol–water partition coefficient (Wildman–Crippen LogP) is 2.73. The molecule has 0 aromatic heterocycles. The molecular formula is C16H20N2O3. The first-order valence-corrected chi connectivity index (χ1v) is 6.98. The molecule has 21 heavy (non-hydrogen) atoms. The molecule has 2 amide bonds. The van der Waals surface area contributed by atoms with E-state index in [0.29, 0.717) is 30.1 Å². The quantitative estimate of drug-likeness (QED) is 0.867. The van der Waals surface area contributed by atoms with Gasteiger partial charge in [-0.05, 0) is 32.0 Å². The van der Waals surface area contributed by atoms with E-state index in [0.717, 1.165) is 5.57 Å². The van der Waals surface area contributed by atoms with E-state index in [1.807, 2.05) is 6.92 Å². The third-order valence-electron chi connectivity index (χ3n) is 3.20. The van der Waals surface area contributed by atoms with Gasteiger partial charge in [-0.2, -0.15) is 0 Å². The molecule has 1 aromatic carbocycles. The summed E-state index contributed by atoms with van der Waals surface area (Å²) in [5, 5.41) is 2.79. The minimum atomic E-state index is -0.520. The highest BCUT2D eigenvalue weighted by Crippen LogP contribution is 2.36. The normalized spacial score (nSPS) is 17.0. The van der Waals surface area contributed by atoms with Gasteiger partial charge in [0.25, 0.3) is 5.91 Å². The molecule has 0 spiro atoms. The van der Waals surface area contributed by atoms with Gasteiger partial charge in [-0.15, -0.1) is 0 Å². The highest BCUT2D eigenvalue weighted by Gasteiger charge is 2.31. The molecule has 1 heterocycles. The van der Waals surface area contributed by atoms with Crippen molar-refractivity contribution in [3.8, 4) is 5.75 Å². The highest BCUT2D eigenvalue weighted by molar-refractivity contribution is 6.01. The Bertz CT molecular complexity index is 595. The summed E-state index contributed by atoms with van der Waals surface area (Å²) in [4.78, 5) is 25.4. The zero-order valence-corrected chi connectivity index (χ0v) is 12.6. The SMILES string of the molecule is C=C(C)CN1C(=O)C(C)Oc2ccc(NC(=O)CC)cc21. The van der Waals surface area contributed by atoms with Gasteiger partial charge >= 0.3 is 0 Å². The van der Waals surface area contributed by atoms with E-state index in [1.54, 1.807) is 36.9 Å². The van der Waals surface area contributed by atoms with Crippen molar-refractivity contribution in [2.24, 2.45) is 0 Å². The van der Waals surface area contributed by atoms with E-state index in [2.05, 4.69) is 11.9 Å². The Balaban J connectivity index is 2.38. The molecule has 1 N–H and O–H groups in total. The van der Waals surface area contributed by atoms with Crippen LogP contribution in [0.4, 0.5) is 11.4 Å². The topological polar surface area (TPSA) is 58.6 Å². The van der Waals surface area contributed by atoms with Gasteiger partial charge in [0, 0.05) is 18.7 Å². The van der Waals surface area contributed by atoms with Crippen molar-refractivity contribution >= 4 is 23.2 Å². The van der Waals surface area contributed by atoms with Gasteiger partial charge in [0.05, 0.1) is 5.69 Å². The number of carbonyl (C=O) groups is 2. The van der Waals surface area contributed by atoms with Crippen LogP contribution >= 0.6 is 0 Å². The number of amides is 2. The monoisotopic (exact) mass is 288 g/mol. The molecule has 0 aliphatic carbocycles. The molecule has 112 valence electrons. The fourth-order valence-electron chi connectivity index (χ4n) is 2.17. The lowest BCUT2D eigenvalue weighted by Gasteiger charge is -2.33. The molecule has 1 aromatic rings. The second-order valence-electron chi connectivity index (χ2n) is 5.23. The molecule has 0 fully saturated rings. The third-order valence-corrected chi connectivity index (χ3v) is 3.20. The Kier molecular flexibility index (Phi) is 4.31. The first-order valence-electron chi connectivity index (χ1n) is 6.98. The zero-order valence-electron chi connectivity index (χ0n) is 12.6.